The van der Waals surface area contributed by atoms with Crippen molar-refractivity contribution in [1.29, 1.82) is 0 Å². The lowest BCUT2D eigenvalue weighted by atomic mass is 10.0. The summed E-state index contributed by atoms with van der Waals surface area (Å²) < 4.78 is 23.5. The SMILES string of the molecule is CC/C=C\C/C=C\C/C=C\C/C=C\C/C=C\CCCC(=O)NC(COP(=O)(O)OCC[N+](C)(C)C)C(O)/C=C/CC/C=C/CC/C=C/CCCCCCCCCCCCCC. The summed E-state index contributed by atoms with van der Waals surface area (Å²) >= 11 is 0. The Morgan fingerprint density at radius 2 is 1.00 bits per heavy atom. The Labute approximate surface area is 375 Å². The minimum atomic E-state index is -4.37. The first-order chi connectivity index (χ1) is 29.5. The number of hydrogen-bond acceptors (Lipinski definition) is 5. The third-order valence-electron chi connectivity index (χ3n) is 10.0. The van der Waals surface area contributed by atoms with Gasteiger partial charge in [0.1, 0.15) is 13.2 Å². The summed E-state index contributed by atoms with van der Waals surface area (Å²) in [7, 11) is 1.49. The van der Waals surface area contributed by atoms with E-state index in [0.717, 1.165) is 64.2 Å². The molecule has 1 amide bonds. The number of nitrogens with zero attached hydrogens (tertiary/aromatic N) is 1. The second kappa shape index (κ2) is 42.7. The molecule has 0 aliphatic carbocycles. The zero-order valence-electron chi connectivity index (χ0n) is 39.6. The Bertz CT molecular complexity index is 1310. The number of nitrogens with one attached hydrogen (secondary N) is 1. The highest BCUT2D eigenvalue weighted by Gasteiger charge is 2.27. The second-order valence-electron chi connectivity index (χ2n) is 17.1. The fourth-order valence-corrected chi connectivity index (χ4v) is 6.96. The number of carbonyl (C=O) groups is 1. The molecular formula is C52H92N2O6P+. The molecular weight excluding hydrogens is 780 g/mol. The van der Waals surface area contributed by atoms with Crippen molar-refractivity contribution in [3.8, 4) is 0 Å². The van der Waals surface area contributed by atoms with Gasteiger partial charge in [0, 0.05) is 6.42 Å². The molecule has 0 radical (unpaired) electrons. The normalized spacial score (nSPS) is 15.1. The van der Waals surface area contributed by atoms with Crippen molar-refractivity contribution in [3.63, 3.8) is 0 Å². The van der Waals surface area contributed by atoms with Crippen LogP contribution >= 0.6 is 7.82 Å². The molecule has 0 saturated heterocycles. The number of allylic oxidation sites excluding steroid dienone is 15. The standard InChI is InChI=1S/C52H91N2O6P/c1-6-8-10-12-14-16-18-20-22-24-25-26-27-28-30-31-33-35-37-39-41-43-45-51(55)50(49-60-61(57,58)59-48-47-54(3,4)5)53-52(56)46-44-42-40-38-36-34-32-29-23-21-19-17-15-13-11-9-7-2/h9,11,15,17,21,23,28,30,32,34-35,37-38,40,43,45,50-51,55H,6-8,10,12-14,16,18-20,22,24-27,29,31,33,36,39,41-42,44,46-49H2,1-5H3,(H-,53,56,57,58)/p+1/b11-9-,17-15-,23-21-,30-28+,34-32-,37-35+,40-38-,45-43+. The van der Waals surface area contributed by atoms with Gasteiger partial charge in [-0.25, -0.2) is 4.57 Å². The van der Waals surface area contributed by atoms with Gasteiger partial charge >= 0.3 is 7.82 Å². The number of phosphoric acid groups is 1. The van der Waals surface area contributed by atoms with Crippen LogP contribution in [0.1, 0.15) is 174 Å². The quantitative estimate of drug-likeness (QED) is 0.0244. The lowest BCUT2D eigenvalue weighted by Crippen LogP contribution is -2.45. The first kappa shape index (κ1) is 58.4. The maximum absolute atomic E-state index is 12.9. The minimum Gasteiger partial charge on any atom is -0.387 e. The van der Waals surface area contributed by atoms with E-state index in [1.54, 1.807) is 6.08 Å². The highest BCUT2D eigenvalue weighted by molar-refractivity contribution is 7.47. The molecule has 0 saturated carbocycles. The fraction of sp³-hybridized carbons (Fsp3) is 0.673. The average molecular weight is 872 g/mol. The number of quaternary nitrogens is 1. The highest BCUT2D eigenvalue weighted by Crippen LogP contribution is 2.43. The van der Waals surface area contributed by atoms with Crippen molar-refractivity contribution in [2.24, 2.45) is 0 Å². The molecule has 9 heteroatoms. The summed E-state index contributed by atoms with van der Waals surface area (Å²) in [6, 6.07) is -0.905. The first-order valence-electron chi connectivity index (χ1n) is 24.1. The van der Waals surface area contributed by atoms with E-state index < -0.39 is 20.0 Å². The molecule has 0 aliphatic rings. The molecule has 8 nitrogen and oxygen atoms in total. The van der Waals surface area contributed by atoms with Gasteiger partial charge in [0.05, 0.1) is 39.9 Å². The summed E-state index contributed by atoms with van der Waals surface area (Å²) in [6.45, 7) is 4.61. The van der Waals surface area contributed by atoms with Gasteiger partial charge in [-0.3, -0.25) is 13.8 Å². The molecule has 0 aromatic rings. The highest BCUT2D eigenvalue weighted by atomic mass is 31.2. The number of hydrogen-bond donors (Lipinski definition) is 3. The molecule has 0 spiro atoms. The number of carbonyl (C=O) groups excluding carboxylic acids is 1. The van der Waals surface area contributed by atoms with Crippen molar-refractivity contribution in [2.75, 3.05) is 40.9 Å². The Morgan fingerprint density at radius 3 is 1.51 bits per heavy atom. The van der Waals surface area contributed by atoms with E-state index in [-0.39, 0.29) is 25.5 Å². The van der Waals surface area contributed by atoms with Crippen LogP contribution in [0.5, 0.6) is 0 Å². The van der Waals surface area contributed by atoms with Crippen molar-refractivity contribution >= 4 is 13.7 Å². The van der Waals surface area contributed by atoms with Crippen LogP contribution in [0.3, 0.4) is 0 Å². The molecule has 3 atom stereocenters. The van der Waals surface area contributed by atoms with Crippen LogP contribution < -0.4 is 5.32 Å². The van der Waals surface area contributed by atoms with Gasteiger partial charge in [-0.1, -0.05) is 182 Å². The molecule has 61 heavy (non-hydrogen) atoms. The fourth-order valence-electron chi connectivity index (χ4n) is 6.22. The summed E-state index contributed by atoms with van der Waals surface area (Å²) in [5.41, 5.74) is 0. The Balaban J connectivity index is 4.55. The number of amides is 1. The summed E-state index contributed by atoms with van der Waals surface area (Å²) in [5, 5.41) is 13.8. The van der Waals surface area contributed by atoms with E-state index in [4.69, 9.17) is 9.05 Å². The Morgan fingerprint density at radius 1 is 0.574 bits per heavy atom. The first-order valence-corrected chi connectivity index (χ1v) is 25.6. The number of aliphatic hydroxyl groups excluding tert-OH is 1. The van der Waals surface area contributed by atoms with E-state index in [1.807, 2.05) is 27.2 Å². The molecule has 0 aromatic heterocycles. The van der Waals surface area contributed by atoms with Gasteiger partial charge in [0.15, 0.2) is 0 Å². The summed E-state index contributed by atoms with van der Waals surface area (Å²) in [5.74, 6) is -0.252. The van der Waals surface area contributed by atoms with E-state index in [2.05, 4.69) is 104 Å². The van der Waals surface area contributed by atoms with Crippen LogP contribution in [0.15, 0.2) is 97.2 Å². The topological polar surface area (TPSA) is 105 Å². The van der Waals surface area contributed by atoms with Gasteiger partial charge in [0.25, 0.3) is 0 Å². The van der Waals surface area contributed by atoms with Gasteiger partial charge in [0.2, 0.25) is 5.91 Å². The summed E-state index contributed by atoms with van der Waals surface area (Å²) in [4.78, 5) is 23.1. The molecule has 3 N–H and O–H groups in total. The van der Waals surface area contributed by atoms with Crippen LogP contribution in [-0.4, -0.2) is 73.4 Å². The molecule has 0 rings (SSSR count). The smallest absolute Gasteiger partial charge is 0.387 e. The largest absolute Gasteiger partial charge is 0.472 e. The Kier molecular flexibility index (Phi) is 40.9. The molecule has 0 heterocycles. The molecule has 0 aromatic carbocycles. The molecule has 350 valence electrons. The van der Waals surface area contributed by atoms with E-state index >= 15 is 0 Å². The van der Waals surface area contributed by atoms with Crippen LogP contribution in [0.2, 0.25) is 0 Å². The predicted octanol–water partition coefficient (Wildman–Crippen LogP) is 13.9. The van der Waals surface area contributed by atoms with Gasteiger partial charge in [-0.15, -0.1) is 0 Å². The zero-order chi connectivity index (χ0) is 45.0. The molecule has 0 fully saturated rings. The van der Waals surface area contributed by atoms with E-state index in [9.17, 15) is 19.4 Å². The van der Waals surface area contributed by atoms with Crippen LogP contribution in [0, 0.1) is 0 Å². The van der Waals surface area contributed by atoms with E-state index in [1.165, 1.54) is 83.5 Å². The number of unbranched alkanes of at least 4 members (excludes halogenated alkanes) is 15. The molecule has 3 unspecified atom stereocenters. The number of phosphoric ester groups is 1. The lowest BCUT2D eigenvalue weighted by Gasteiger charge is -2.25. The third-order valence-corrected chi connectivity index (χ3v) is 11.0. The summed E-state index contributed by atoms with van der Waals surface area (Å²) in [6.07, 6.45) is 60.7. The number of likely N-dealkylation sites (N-methyl/N-ethyl adjacent to an activating group) is 1. The number of rotatable bonds is 42. The number of aliphatic hydroxyl groups is 1. The monoisotopic (exact) mass is 872 g/mol. The zero-order valence-corrected chi connectivity index (χ0v) is 40.5. The average Bonchev–Trinajstić information content (AvgIpc) is 3.21. The van der Waals surface area contributed by atoms with Gasteiger partial charge in [-0.2, -0.15) is 0 Å². The van der Waals surface area contributed by atoms with Crippen LogP contribution in [0.4, 0.5) is 0 Å². The minimum absolute atomic E-state index is 0.0375. The van der Waals surface area contributed by atoms with Crippen LogP contribution in [0.25, 0.3) is 0 Å². The maximum atomic E-state index is 12.9. The van der Waals surface area contributed by atoms with Crippen molar-refractivity contribution in [1.82, 2.24) is 5.32 Å². The second-order valence-corrected chi connectivity index (χ2v) is 18.5. The molecule has 0 aliphatic heterocycles. The van der Waals surface area contributed by atoms with Gasteiger partial charge < -0.3 is 19.8 Å². The lowest BCUT2D eigenvalue weighted by molar-refractivity contribution is -0.870. The van der Waals surface area contributed by atoms with Crippen molar-refractivity contribution in [2.45, 2.75) is 187 Å². The predicted molar refractivity (Wildman–Crippen MR) is 262 cm³/mol. The molecule has 0 bridgehead atoms. The maximum Gasteiger partial charge on any atom is 0.472 e. The van der Waals surface area contributed by atoms with E-state index in [0.29, 0.717) is 17.4 Å². The third kappa shape index (κ3) is 45.3. The Hall–Kier alpha value is -2.58. The van der Waals surface area contributed by atoms with Gasteiger partial charge in [-0.05, 0) is 83.5 Å². The van der Waals surface area contributed by atoms with Crippen LogP contribution in [-0.2, 0) is 18.4 Å². The van der Waals surface area contributed by atoms with Crippen molar-refractivity contribution < 1.29 is 32.9 Å². The van der Waals surface area contributed by atoms with Crippen molar-refractivity contribution in [3.05, 3.63) is 97.2 Å².